The van der Waals surface area contributed by atoms with E-state index in [9.17, 15) is 26.4 Å². The molecule has 1 aromatic carbocycles. The number of carbonyl (C=O) groups excluding carboxylic acids is 1. The number of nitrogens with zero attached hydrogens (tertiary/aromatic N) is 5. The zero-order chi connectivity index (χ0) is 26.8. The Bertz CT molecular complexity index is 1400. The first-order valence-corrected chi connectivity index (χ1v) is 13.4. The molecule has 0 saturated carbocycles. The average Bonchev–Trinajstić information content (AvgIpc) is 3.33. The minimum absolute atomic E-state index is 0.0428. The standard InChI is InChI=1S/C23H20F3IN6O3S/c1-2-14-7-20(33(12-14)37(35,36)18-5-3-16(24)4-6-18)21(34)28-11-17-8-19(32-13-31-17)15-9-29-22(30-10-15)23(25,26)27/h2-6,8-10,13-14,20H,1,7,11-12H2,(H,28,34)/t14-,20+/m1/s1. The number of benzene rings is 1. The van der Waals surface area contributed by atoms with Crippen molar-refractivity contribution in [1.29, 1.82) is 0 Å². The average molecular weight is 644 g/mol. The zero-order valence-corrected chi connectivity index (χ0v) is 22.0. The highest BCUT2D eigenvalue weighted by atomic mass is 127. The van der Waals surface area contributed by atoms with Gasteiger partial charge in [-0.3, -0.25) is 4.79 Å². The van der Waals surface area contributed by atoms with Gasteiger partial charge >= 0.3 is 3.93 Å². The molecule has 4 rings (SSSR count). The van der Waals surface area contributed by atoms with Crippen LogP contribution in [0.1, 0.15) is 17.9 Å². The summed E-state index contributed by atoms with van der Waals surface area (Å²) in [6, 6.07) is 4.93. The molecule has 14 heteroatoms. The highest BCUT2D eigenvalue weighted by molar-refractivity contribution is 14.1. The summed E-state index contributed by atoms with van der Waals surface area (Å²) in [5.74, 6) is -1.98. The summed E-state index contributed by atoms with van der Waals surface area (Å²) in [6.07, 6.45) is 5.50. The van der Waals surface area contributed by atoms with Crippen molar-refractivity contribution in [3.63, 3.8) is 0 Å². The van der Waals surface area contributed by atoms with Crippen LogP contribution in [0.15, 0.2) is 66.6 Å². The van der Waals surface area contributed by atoms with Crippen molar-refractivity contribution in [3.8, 4) is 11.3 Å². The maximum atomic E-state index is 13.4. The van der Waals surface area contributed by atoms with Crippen LogP contribution < -0.4 is 5.32 Å². The number of halogens is 4. The van der Waals surface area contributed by atoms with Crippen molar-refractivity contribution in [1.82, 2.24) is 29.6 Å². The van der Waals surface area contributed by atoms with Crippen molar-refractivity contribution in [2.75, 3.05) is 6.54 Å². The molecule has 194 valence electrons. The second-order valence-electron chi connectivity index (χ2n) is 8.18. The van der Waals surface area contributed by atoms with E-state index in [0.29, 0.717) is 17.0 Å². The van der Waals surface area contributed by atoms with Gasteiger partial charge in [0.05, 0.1) is 22.8 Å². The number of aromatic nitrogens is 4. The fourth-order valence-corrected chi connectivity index (χ4v) is 5.74. The van der Waals surface area contributed by atoms with Crippen molar-refractivity contribution in [3.05, 3.63) is 79.0 Å². The van der Waals surface area contributed by atoms with Crippen molar-refractivity contribution >= 4 is 38.5 Å². The van der Waals surface area contributed by atoms with Gasteiger partial charge in [-0.1, -0.05) is 6.08 Å². The van der Waals surface area contributed by atoms with E-state index >= 15 is 0 Å². The summed E-state index contributed by atoms with van der Waals surface area (Å²) in [4.78, 5) is 28.5. The first kappa shape index (κ1) is 27.1. The van der Waals surface area contributed by atoms with Crippen LogP contribution >= 0.6 is 22.6 Å². The molecule has 0 aliphatic carbocycles. The normalized spacial score (nSPS) is 18.5. The Kier molecular flexibility index (Phi) is 7.89. The molecule has 37 heavy (non-hydrogen) atoms. The van der Waals surface area contributed by atoms with E-state index in [1.165, 1.54) is 24.8 Å². The summed E-state index contributed by atoms with van der Waals surface area (Å²) in [5.41, 5.74) is 1.13. The van der Waals surface area contributed by atoms with Crippen LogP contribution in [0.2, 0.25) is 0 Å². The molecule has 1 aliphatic rings. The van der Waals surface area contributed by atoms with Gasteiger partial charge in [-0.25, -0.2) is 32.7 Å². The number of hydrogen-bond acceptors (Lipinski definition) is 7. The molecule has 3 aromatic rings. The highest BCUT2D eigenvalue weighted by Gasteiger charge is 2.43. The molecule has 0 radical (unpaired) electrons. The lowest BCUT2D eigenvalue weighted by molar-refractivity contribution is -0.124. The molecule has 1 amide bonds. The van der Waals surface area contributed by atoms with Gasteiger partial charge in [-0.05, 0) is 42.7 Å². The van der Waals surface area contributed by atoms with E-state index in [-0.39, 0.29) is 30.3 Å². The number of carbonyl (C=O) groups is 1. The maximum Gasteiger partial charge on any atom is 0.354 e. The number of alkyl halides is 3. The predicted octanol–water partition coefficient (Wildman–Crippen LogP) is 3.44. The summed E-state index contributed by atoms with van der Waals surface area (Å²) in [6.45, 7) is 3.73. The molecule has 1 aliphatic heterocycles. The number of hydrogen-bond donors (Lipinski definition) is 1. The smallest absolute Gasteiger partial charge is 0.349 e. The number of nitrogens with one attached hydrogen (secondary N) is 1. The molecule has 0 unspecified atom stereocenters. The van der Waals surface area contributed by atoms with Crippen LogP contribution in [0, 0.1) is 11.7 Å². The third-order valence-corrected chi connectivity index (χ3v) is 8.08. The third kappa shape index (κ3) is 6.13. The summed E-state index contributed by atoms with van der Waals surface area (Å²) in [5, 5.41) is 2.69. The summed E-state index contributed by atoms with van der Waals surface area (Å²) < 4.78 is 64.3. The van der Waals surface area contributed by atoms with Crippen molar-refractivity contribution < 1.29 is 26.4 Å². The Morgan fingerprint density at radius 1 is 1.19 bits per heavy atom. The monoisotopic (exact) mass is 644 g/mol. The fourth-order valence-electron chi connectivity index (χ4n) is 3.81. The largest absolute Gasteiger partial charge is 0.354 e. The predicted molar refractivity (Wildman–Crippen MR) is 135 cm³/mol. The number of amides is 1. The second kappa shape index (κ2) is 10.8. The van der Waals surface area contributed by atoms with Gasteiger partial charge < -0.3 is 5.32 Å². The van der Waals surface area contributed by atoms with Crippen LogP contribution in [0.25, 0.3) is 11.3 Å². The van der Waals surface area contributed by atoms with Crippen molar-refractivity contribution in [2.24, 2.45) is 5.92 Å². The van der Waals surface area contributed by atoms with E-state index in [4.69, 9.17) is 0 Å². The molecule has 0 bridgehead atoms. The second-order valence-corrected chi connectivity index (χ2v) is 11.4. The minimum atomic E-state index is -4.07. The van der Waals surface area contributed by atoms with Gasteiger partial charge in [0.2, 0.25) is 21.8 Å². The molecule has 1 fully saturated rings. The topological polar surface area (TPSA) is 118 Å². The molecular weight excluding hydrogens is 624 g/mol. The highest BCUT2D eigenvalue weighted by Crippen LogP contribution is 2.33. The lowest BCUT2D eigenvalue weighted by atomic mass is 10.1. The lowest BCUT2D eigenvalue weighted by Crippen LogP contribution is -2.45. The van der Waals surface area contributed by atoms with E-state index in [2.05, 4.69) is 31.8 Å². The first-order valence-electron chi connectivity index (χ1n) is 10.9. The Morgan fingerprint density at radius 2 is 1.86 bits per heavy atom. The van der Waals surface area contributed by atoms with E-state index in [1.54, 1.807) is 6.08 Å². The summed E-state index contributed by atoms with van der Waals surface area (Å²) in [7, 11) is -4.07. The SMILES string of the molecule is C=C[C@@H]1C[C@@H](C(=O)NCc2cc(-c3cnc(C(F)(F)I)nc3)ncn2)N(S(=O)(=O)c2ccc(F)cc2)C1. The molecule has 0 spiro atoms. The Morgan fingerprint density at radius 3 is 2.49 bits per heavy atom. The molecule has 3 heterocycles. The van der Waals surface area contributed by atoms with E-state index in [1.807, 2.05) is 0 Å². The molecular formula is C23H20F3IN6O3S. The van der Waals surface area contributed by atoms with Crippen molar-refractivity contribution in [2.45, 2.75) is 27.8 Å². The van der Waals surface area contributed by atoms with Gasteiger partial charge in [0, 0.05) is 47.1 Å². The van der Waals surface area contributed by atoms with Crippen LogP contribution in [0.4, 0.5) is 13.2 Å². The Labute approximate surface area is 224 Å². The maximum absolute atomic E-state index is 13.4. The Balaban J connectivity index is 1.48. The molecule has 2 atom stereocenters. The fraction of sp³-hybridized carbons (Fsp3) is 0.261. The number of sulfonamides is 1. The molecule has 1 saturated heterocycles. The van der Waals surface area contributed by atoms with Gasteiger partial charge in [-0.2, -0.15) is 13.1 Å². The van der Waals surface area contributed by atoms with Crippen LogP contribution in [0.5, 0.6) is 0 Å². The van der Waals surface area contributed by atoms with Crippen LogP contribution in [-0.4, -0.2) is 51.2 Å². The quantitative estimate of drug-likeness (QED) is 0.227. The third-order valence-electron chi connectivity index (χ3n) is 5.71. The lowest BCUT2D eigenvalue weighted by Gasteiger charge is -2.23. The van der Waals surface area contributed by atoms with E-state index in [0.717, 1.165) is 51.2 Å². The number of rotatable bonds is 8. The van der Waals surface area contributed by atoms with E-state index < -0.39 is 37.5 Å². The van der Waals surface area contributed by atoms with Gasteiger partial charge in [-0.15, -0.1) is 6.58 Å². The summed E-state index contributed by atoms with van der Waals surface area (Å²) >= 11 is 0.936. The molecule has 9 nitrogen and oxygen atoms in total. The molecule has 2 aromatic heterocycles. The van der Waals surface area contributed by atoms with Gasteiger partial charge in [0.1, 0.15) is 18.2 Å². The molecule has 1 N–H and O–H groups in total. The first-order chi connectivity index (χ1) is 17.5. The van der Waals surface area contributed by atoms with Crippen LogP contribution in [-0.2, 0) is 25.3 Å². The van der Waals surface area contributed by atoms with Gasteiger partial charge in [0.25, 0.3) is 0 Å². The van der Waals surface area contributed by atoms with Crippen LogP contribution in [0.3, 0.4) is 0 Å². The van der Waals surface area contributed by atoms with Gasteiger partial charge in [0.15, 0.2) is 0 Å². The Hall–Kier alpha value is -2.98. The minimum Gasteiger partial charge on any atom is -0.349 e. The zero-order valence-electron chi connectivity index (χ0n) is 19.1.